The number of rotatable bonds is 5. The minimum absolute atomic E-state index is 0.203. The first-order valence-electron chi connectivity index (χ1n) is 6.07. The number of aryl methyl sites for hydroxylation is 1. The highest BCUT2D eigenvalue weighted by atomic mass is 32.1. The molecule has 100 valence electrons. The van der Waals surface area contributed by atoms with Crippen LogP contribution in [0.5, 0.6) is 0 Å². The molecule has 1 unspecified atom stereocenters. The summed E-state index contributed by atoms with van der Waals surface area (Å²) in [6.07, 6.45) is 0.877. The summed E-state index contributed by atoms with van der Waals surface area (Å²) in [5.41, 5.74) is 1.81. The van der Waals surface area contributed by atoms with Gasteiger partial charge >= 0.3 is 5.97 Å². The van der Waals surface area contributed by atoms with Crippen molar-refractivity contribution in [3.8, 4) is 0 Å². The van der Waals surface area contributed by atoms with Gasteiger partial charge in [-0.3, -0.25) is 0 Å². The predicted molar refractivity (Wildman–Crippen MR) is 77.0 cm³/mol. The van der Waals surface area contributed by atoms with Gasteiger partial charge in [0.25, 0.3) is 0 Å². The average molecular weight is 276 g/mol. The third-order valence-electron chi connectivity index (χ3n) is 2.75. The zero-order valence-electron chi connectivity index (χ0n) is 10.9. The van der Waals surface area contributed by atoms with E-state index in [4.69, 9.17) is 5.11 Å². The zero-order chi connectivity index (χ0) is 13.8. The van der Waals surface area contributed by atoms with Gasteiger partial charge in [-0.15, -0.1) is 0 Å². The van der Waals surface area contributed by atoms with Crippen molar-refractivity contribution in [1.82, 2.24) is 4.98 Å². The number of benzene rings is 1. The number of nitrogens with one attached hydrogen (secondary N) is 1. The number of anilines is 1. The van der Waals surface area contributed by atoms with Gasteiger partial charge in [0, 0.05) is 6.04 Å². The van der Waals surface area contributed by atoms with Crippen molar-refractivity contribution in [3.63, 3.8) is 0 Å². The van der Waals surface area contributed by atoms with Crippen molar-refractivity contribution in [2.24, 2.45) is 0 Å². The molecule has 1 aromatic carbocycles. The Balaban J connectivity index is 2.01. The van der Waals surface area contributed by atoms with Crippen molar-refractivity contribution >= 4 is 22.4 Å². The second kappa shape index (κ2) is 5.84. The number of carboxylic acids is 1. The van der Waals surface area contributed by atoms with Crippen molar-refractivity contribution < 1.29 is 9.90 Å². The lowest BCUT2D eigenvalue weighted by atomic mass is 10.1. The van der Waals surface area contributed by atoms with E-state index in [0.29, 0.717) is 15.7 Å². The van der Waals surface area contributed by atoms with Crippen LogP contribution >= 0.6 is 11.3 Å². The topological polar surface area (TPSA) is 62.2 Å². The second-order valence-electron chi connectivity index (χ2n) is 4.47. The average Bonchev–Trinajstić information content (AvgIpc) is 2.71. The number of hydrogen-bond acceptors (Lipinski definition) is 4. The maximum absolute atomic E-state index is 11.0. The van der Waals surface area contributed by atoms with Crippen molar-refractivity contribution in [3.05, 3.63) is 46.5 Å². The molecule has 0 aliphatic rings. The van der Waals surface area contributed by atoms with E-state index in [2.05, 4.69) is 29.4 Å². The number of aromatic nitrogens is 1. The number of aromatic carboxylic acids is 1. The third kappa shape index (κ3) is 3.54. The Morgan fingerprint density at radius 3 is 2.68 bits per heavy atom. The third-order valence-corrected chi connectivity index (χ3v) is 3.82. The van der Waals surface area contributed by atoms with Gasteiger partial charge < -0.3 is 10.4 Å². The molecule has 0 saturated carbocycles. The van der Waals surface area contributed by atoms with Crippen LogP contribution in [0.4, 0.5) is 5.13 Å². The van der Waals surface area contributed by atoms with Gasteiger partial charge in [0.15, 0.2) is 5.13 Å². The summed E-state index contributed by atoms with van der Waals surface area (Å²) in [5.74, 6) is -0.918. The molecule has 2 rings (SSSR count). The van der Waals surface area contributed by atoms with E-state index in [1.807, 2.05) is 18.2 Å². The normalized spacial score (nSPS) is 12.1. The predicted octanol–water partition coefficient (Wildman–Crippen LogP) is 3.19. The number of thiazole rings is 1. The molecule has 2 aromatic rings. The lowest BCUT2D eigenvalue weighted by Crippen LogP contribution is -2.17. The van der Waals surface area contributed by atoms with E-state index in [-0.39, 0.29) is 6.04 Å². The molecule has 1 atom stereocenters. The van der Waals surface area contributed by atoms with E-state index in [0.717, 1.165) is 6.42 Å². The molecule has 4 nitrogen and oxygen atoms in total. The van der Waals surface area contributed by atoms with Crippen molar-refractivity contribution in [2.45, 2.75) is 26.3 Å². The summed E-state index contributed by atoms with van der Waals surface area (Å²) in [7, 11) is 0. The fourth-order valence-electron chi connectivity index (χ4n) is 1.89. The van der Waals surface area contributed by atoms with E-state index in [1.54, 1.807) is 6.92 Å². The van der Waals surface area contributed by atoms with Crippen LogP contribution in [0.3, 0.4) is 0 Å². The first kappa shape index (κ1) is 13.5. The standard InChI is InChI=1S/C14H16N2O2S/c1-9(8-11-6-4-3-5-7-11)15-14-16-10(2)12(19-14)13(17)18/h3-7,9H,8H2,1-2H3,(H,15,16)(H,17,18). The Morgan fingerprint density at radius 2 is 2.11 bits per heavy atom. The fraction of sp³-hybridized carbons (Fsp3) is 0.286. The molecule has 0 aliphatic heterocycles. The molecule has 5 heteroatoms. The van der Waals surface area contributed by atoms with Crippen LogP contribution < -0.4 is 5.32 Å². The molecule has 2 N–H and O–H groups in total. The second-order valence-corrected chi connectivity index (χ2v) is 5.47. The van der Waals surface area contributed by atoms with Gasteiger partial charge in [-0.05, 0) is 25.8 Å². The molecule has 0 radical (unpaired) electrons. The Bertz CT molecular complexity index is 566. The first-order chi connectivity index (χ1) is 9.06. The fourth-order valence-corrected chi connectivity index (χ4v) is 2.80. The molecule has 0 saturated heterocycles. The Kier molecular flexibility index (Phi) is 4.16. The summed E-state index contributed by atoms with van der Waals surface area (Å²) in [5, 5.41) is 12.9. The zero-order valence-corrected chi connectivity index (χ0v) is 11.7. The van der Waals surface area contributed by atoms with Gasteiger partial charge in [-0.2, -0.15) is 0 Å². The van der Waals surface area contributed by atoms with E-state index >= 15 is 0 Å². The minimum Gasteiger partial charge on any atom is -0.477 e. The quantitative estimate of drug-likeness (QED) is 0.880. The highest BCUT2D eigenvalue weighted by molar-refractivity contribution is 7.17. The SMILES string of the molecule is Cc1nc(NC(C)Cc2ccccc2)sc1C(=O)O. The number of carboxylic acid groups (broad SMARTS) is 1. The lowest BCUT2D eigenvalue weighted by Gasteiger charge is -2.12. The summed E-state index contributed by atoms with van der Waals surface area (Å²) >= 11 is 1.18. The summed E-state index contributed by atoms with van der Waals surface area (Å²) in [6.45, 7) is 3.77. The number of carbonyl (C=O) groups is 1. The van der Waals surface area contributed by atoms with Crippen LogP contribution in [0.15, 0.2) is 30.3 Å². The Hall–Kier alpha value is -1.88. The lowest BCUT2D eigenvalue weighted by molar-refractivity contribution is 0.0701. The number of nitrogens with zero attached hydrogens (tertiary/aromatic N) is 1. The van der Waals surface area contributed by atoms with E-state index < -0.39 is 5.97 Å². The van der Waals surface area contributed by atoms with Gasteiger partial charge in [0.05, 0.1) is 5.69 Å². The molecule has 0 aliphatic carbocycles. The van der Waals surface area contributed by atoms with Crippen LogP contribution in [0, 0.1) is 6.92 Å². The Labute approximate surface area is 116 Å². The van der Waals surface area contributed by atoms with Crippen LogP contribution in [0.2, 0.25) is 0 Å². The van der Waals surface area contributed by atoms with Crippen LogP contribution in [0.25, 0.3) is 0 Å². The highest BCUT2D eigenvalue weighted by Gasteiger charge is 2.15. The molecule has 19 heavy (non-hydrogen) atoms. The maximum atomic E-state index is 11.0. The number of hydrogen-bond donors (Lipinski definition) is 2. The van der Waals surface area contributed by atoms with Crippen molar-refractivity contribution in [2.75, 3.05) is 5.32 Å². The van der Waals surface area contributed by atoms with E-state index in [1.165, 1.54) is 16.9 Å². The van der Waals surface area contributed by atoms with Gasteiger partial charge in [0.1, 0.15) is 4.88 Å². The van der Waals surface area contributed by atoms with Gasteiger partial charge in [-0.25, -0.2) is 9.78 Å². The molecule has 1 heterocycles. The van der Waals surface area contributed by atoms with Crippen LogP contribution in [-0.2, 0) is 6.42 Å². The van der Waals surface area contributed by atoms with Crippen molar-refractivity contribution in [1.29, 1.82) is 0 Å². The highest BCUT2D eigenvalue weighted by Crippen LogP contribution is 2.23. The maximum Gasteiger partial charge on any atom is 0.347 e. The minimum atomic E-state index is -0.918. The largest absolute Gasteiger partial charge is 0.477 e. The molecule has 0 amide bonds. The first-order valence-corrected chi connectivity index (χ1v) is 6.89. The monoisotopic (exact) mass is 276 g/mol. The smallest absolute Gasteiger partial charge is 0.347 e. The molecular weight excluding hydrogens is 260 g/mol. The molecule has 0 fully saturated rings. The van der Waals surface area contributed by atoms with Gasteiger partial charge in [-0.1, -0.05) is 41.7 Å². The Morgan fingerprint density at radius 1 is 1.42 bits per heavy atom. The summed E-state index contributed by atoms with van der Waals surface area (Å²) in [4.78, 5) is 15.5. The van der Waals surface area contributed by atoms with Crippen LogP contribution in [0.1, 0.15) is 27.9 Å². The summed E-state index contributed by atoms with van der Waals surface area (Å²) in [6, 6.07) is 10.4. The molecule has 1 aromatic heterocycles. The van der Waals surface area contributed by atoms with E-state index in [9.17, 15) is 4.79 Å². The summed E-state index contributed by atoms with van der Waals surface area (Å²) < 4.78 is 0. The molecule has 0 spiro atoms. The molecule has 0 bridgehead atoms. The molecular formula is C14H16N2O2S. The van der Waals surface area contributed by atoms with Crippen LogP contribution in [-0.4, -0.2) is 22.1 Å². The van der Waals surface area contributed by atoms with Gasteiger partial charge in [0.2, 0.25) is 0 Å².